The highest BCUT2D eigenvalue weighted by molar-refractivity contribution is 6.31. The number of nitrogens with one attached hydrogen (secondary N) is 1. The molecule has 166 valence electrons. The maximum atomic E-state index is 13.1. The molecule has 0 fully saturated rings. The number of nitrogens with zero attached hydrogens (tertiary/aromatic N) is 3. The summed E-state index contributed by atoms with van der Waals surface area (Å²) in [4.78, 5) is 39.1. The predicted molar refractivity (Wildman–Crippen MR) is 122 cm³/mol. The van der Waals surface area contributed by atoms with Crippen LogP contribution < -0.4 is 16.6 Å². The van der Waals surface area contributed by atoms with Crippen molar-refractivity contribution in [3.63, 3.8) is 0 Å². The first-order valence-electron chi connectivity index (χ1n) is 9.99. The molecule has 0 radical (unpaired) electrons. The Morgan fingerprint density at radius 3 is 2.30 bits per heavy atom. The van der Waals surface area contributed by atoms with Crippen LogP contribution >= 0.6 is 11.6 Å². The van der Waals surface area contributed by atoms with E-state index in [4.69, 9.17) is 11.6 Å². The third-order valence-electron chi connectivity index (χ3n) is 4.93. The predicted octanol–water partition coefficient (Wildman–Crippen LogP) is 3.17. The molecular weight excluding hydrogens is 447 g/mol. The summed E-state index contributed by atoms with van der Waals surface area (Å²) in [5.74, 6) is -1.16. The molecule has 0 aliphatic heterocycles. The van der Waals surface area contributed by atoms with Crippen molar-refractivity contribution in [2.24, 2.45) is 0 Å². The Kier molecular flexibility index (Phi) is 6.46. The summed E-state index contributed by atoms with van der Waals surface area (Å²) in [5, 5.41) is 7.04. The van der Waals surface area contributed by atoms with Crippen molar-refractivity contribution in [1.29, 1.82) is 0 Å². The van der Waals surface area contributed by atoms with E-state index in [0.717, 1.165) is 9.25 Å². The number of aromatic nitrogens is 3. The van der Waals surface area contributed by atoms with Crippen LogP contribution in [0.25, 0.3) is 5.69 Å². The second kappa shape index (κ2) is 9.62. The normalized spacial score (nSPS) is 10.7. The summed E-state index contributed by atoms with van der Waals surface area (Å²) in [5.41, 5.74) is -0.431. The molecule has 1 heterocycles. The SMILES string of the molecule is O=C(NCc1ccc(F)cc1)c1nn(-c2ccccc2)c(=O)n(Cc2ccccc2Cl)c1=O. The fraction of sp³-hybridized carbons (Fsp3) is 0.0833. The molecule has 3 aromatic carbocycles. The number of benzene rings is 3. The molecule has 0 bridgehead atoms. The first-order valence-corrected chi connectivity index (χ1v) is 10.4. The maximum absolute atomic E-state index is 13.1. The molecule has 0 saturated carbocycles. The van der Waals surface area contributed by atoms with Gasteiger partial charge in [-0.3, -0.25) is 14.2 Å². The number of hydrogen-bond acceptors (Lipinski definition) is 4. The molecule has 0 spiro atoms. The Hall–Kier alpha value is -4.04. The van der Waals surface area contributed by atoms with Crippen LogP contribution in [0.4, 0.5) is 4.39 Å². The molecule has 1 N–H and O–H groups in total. The minimum Gasteiger partial charge on any atom is -0.346 e. The zero-order valence-corrected chi connectivity index (χ0v) is 18.0. The quantitative estimate of drug-likeness (QED) is 0.475. The lowest BCUT2D eigenvalue weighted by Crippen LogP contribution is -2.46. The Labute approximate surface area is 192 Å². The third-order valence-corrected chi connectivity index (χ3v) is 5.30. The van der Waals surface area contributed by atoms with E-state index in [9.17, 15) is 18.8 Å². The second-order valence-electron chi connectivity index (χ2n) is 7.17. The van der Waals surface area contributed by atoms with E-state index in [1.54, 1.807) is 54.6 Å². The summed E-state index contributed by atoms with van der Waals surface area (Å²) >= 11 is 6.22. The zero-order valence-electron chi connectivity index (χ0n) is 17.2. The van der Waals surface area contributed by atoms with Crippen molar-refractivity contribution in [1.82, 2.24) is 19.7 Å². The first kappa shape index (κ1) is 22.2. The van der Waals surface area contributed by atoms with Crippen LogP contribution in [-0.4, -0.2) is 20.3 Å². The van der Waals surface area contributed by atoms with Gasteiger partial charge in [0.05, 0.1) is 12.2 Å². The molecule has 1 amide bonds. The molecule has 0 saturated heterocycles. The van der Waals surface area contributed by atoms with Gasteiger partial charge in [-0.15, -0.1) is 0 Å². The minimum absolute atomic E-state index is 0.0508. The lowest BCUT2D eigenvalue weighted by molar-refractivity contribution is 0.0941. The van der Waals surface area contributed by atoms with Crippen molar-refractivity contribution in [3.05, 3.63) is 127 Å². The molecule has 0 atom stereocenters. The Morgan fingerprint density at radius 1 is 0.939 bits per heavy atom. The van der Waals surface area contributed by atoms with Crippen LogP contribution in [0.2, 0.25) is 5.02 Å². The molecule has 0 unspecified atom stereocenters. The van der Waals surface area contributed by atoms with Crippen molar-refractivity contribution in [3.8, 4) is 5.69 Å². The second-order valence-corrected chi connectivity index (χ2v) is 7.58. The molecule has 4 rings (SSSR count). The fourth-order valence-electron chi connectivity index (χ4n) is 3.20. The van der Waals surface area contributed by atoms with Crippen molar-refractivity contribution < 1.29 is 9.18 Å². The number of hydrogen-bond donors (Lipinski definition) is 1. The number of para-hydroxylation sites is 1. The lowest BCUT2D eigenvalue weighted by Gasteiger charge is -2.13. The van der Waals surface area contributed by atoms with Gasteiger partial charge < -0.3 is 5.32 Å². The summed E-state index contributed by atoms with van der Waals surface area (Å²) in [6.07, 6.45) is 0. The molecule has 7 nitrogen and oxygen atoms in total. The topological polar surface area (TPSA) is 86.0 Å². The van der Waals surface area contributed by atoms with Crippen molar-refractivity contribution >= 4 is 17.5 Å². The number of rotatable bonds is 6. The van der Waals surface area contributed by atoms with Crippen molar-refractivity contribution in [2.75, 3.05) is 0 Å². The highest BCUT2D eigenvalue weighted by atomic mass is 35.5. The van der Waals surface area contributed by atoms with Gasteiger partial charge in [0.15, 0.2) is 0 Å². The summed E-state index contributed by atoms with van der Waals surface area (Å²) in [6, 6.07) is 20.8. The van der Waals surface area contributed by atoms with Crippen LogP contribution in [0.15, 0.2) is 88.5 Å². The number of halogens is 2. The van der Waals surface area contributed by atoms with Gasteiger partial charge in [-0.2, -0.15) is 9.78 Å². The van der Waals surface area contributed by atoms with Gasteiger partial charge in [0.2, 0.25) is 5.69 Å². The third kappa shape index (κ3) is 4.91. The van der Waals surface area contributed by atoms with Crippen LogP contribution in [0.5, 0.6) is 0 Å². The summed E-state index contributed by atoms with van der Waals surface area (Å²) < 4.78 is 15.0. The molecule has 4 aromatic rings. The van der Waals surface area contributed by atoms with Gasteiger partial charge in [0.1, 0.15) is 5.82 Å². The number of carbonyl (C=O) groups excluding carboxylic acids is 1. The van der Waals surface area contributed by atoms with Crippen LogP contribution in [0, 0.1) is 5.82 Å². The highest BCUT2D eigenvalue weighted by Crippen LogP contribution is 2.15. The summed E-state index contributed by atoms with van der Waals surface area (Å²) in [7, 11) is 0. The number of carbonyl (C=O) groups is 1. The van der Waals surface area contributed by atoms with Crippen LogP contribution in [0.1, 0.15) is 21.6 Å². The average molecular weight is 465 g/mol. The zero-order chi connectivity index (χ0) is 23.4. The largest absolute Gasteiger partial charge is 0.352 e. The number of amides is 1. The standard InChI is InChI=1S/C24H18ClFN4O3/c25-20-9-5-4-6-17(20)15-29-23(32)21(22(31)27-14-16-10-12-18(26)13-11-16)28-30(24(29)33)19-7-2-1-3-8-19/h1-13H,14-15H2,(H,27,31). The van der Waals surface area contributed by atoms with E-state index >= 15 is 0 Å². The van der Waals surface area contributed by atoms with Gasteiger partial charge in [0.25, 0.3) is 11.5 Å². The van der Waals surface area contributed by atoms with E-state index in [0.29, 0.717) is 21.8 Å². The molecular formula is C24H18ClFN4O3. The van der Waals surface area contributed by atoms with Gasteiger partial charge in [-0.05, 0) is 41.5 Å². The van der Waals surface area contributed by atoms with E-state index < -0.39 is 28.7 Å². The fourth-order valence-corrected chi connectivity index (χ4v) is 3.39. The van der Waals surface area contributed by atoms with Crippen LogP contribution in [-0.2, 0) is 13.1 Å². The molecule has 9 heteroatoms. The monoisotopic (exact) mass is 464 g/mol. The molecule has 0 aliphatic carbocycles. The van der Waals surface area contributed by atoms with E-state index in [1.807, 2.05) is 0 Å². The lowest BCUT2D eigenvalue weighted by atomic mass is 10.2. The van der Waals surface area contributed by atoms with Gasteiger partial charge in [-0.25, -0.2) is 9.18 Å². The van der Waals surface area contributed by atoms with E-state index in [-0.39, 0.29) is 13.1 Å². The molecule has 33 heavy (non-hydrogen) atoms. The maximum Gasteiger partial charge on any atom is 0.352 e. The Balaban J connectivity index is 1.76. The summed E-state index contributed by atoms with van der Waals surface area (Å²) in [6.45, 7) is -0.0832. The molecule has 1 aromatic heterocycles. The molecule has 0 aliphatic rings. The smallest absolute Gasteiger partial charge is 0.346 e. The van der Waals surface area contributed by atoms with Gasteiger partial charge in [0, 0.05) is 11.6 Å². The first-order chi connectivity index (χ1) is 15.9. The minimum atomic E-state index is -0.844. The average Bonchev–Trinajstić information content (AvgIpc) is 2.83. The highest BCUT2D eigenvalue weighted by Gasteiger charge is 2.21. The Bertz CT molecular complexity index is 1420. The Morgan fingerprint density at radius 2 is 1.61 bits per heavy atom. The van der Waals surface area contributed by atoms with E-state index in [1.165, 1.54) is 24.3 Å². The van der Waals surface area contributed by atoms with Gasteiger partial charge >= 0.3 is 5.69 Å². The van der Waals surface area contributed by atoms with Crippen molar-refractivity contribution in [2.45, 2.75) is 13.1 Å². The van der Waals surface area contributed by atoms with Gasteiger partial charge in [-0.1, -0.05) is 60.1 Å². The van der Waals surface area contributed by atoms with Crippen LogP contribution in [0.3, 0.4) is 0 Å². The van der Waals surface area contributed by atoms with E-state index in [2.05, 4.69) is 10.4 Å².